The van der Waals surface area contributed by atoms with Crippen molar-refractivity contribution in [3.8, 4) is 11.8 Å². The van der Waals surface area contributed by atoms with Crippen LogP contribution < -0.4 is 20.7 Å². The molecule has 0 saturated heterocycles. The van der Waals surface area contributed by atoms with Crippen molar-refractivity contribution in [1.29, 1.82) is 5.26 Å². The minimum Gasteiger partial charge on any atom is -0.495 e. The van der Waals surface area contributed by atoms with Crippen LogP contribution in [0.1, 0.15) is 24.0 Å². The van der Waals surface area contributed by atoms with Crippen LogP contribution in [0.15, 0.2) is 101 Å². The first-order chi connectivity index (χ1) is 18.9. The number of benzene rings is 3. The van der Waals surface area contributed by atoms with Crippen molar-refractivity contribution in [2.24, 2.45) is 0 Å². The Morgan fingerprint density at radius 2 is 1.74 bits per heavy atom. The molecule has 3 aromatic rings. The topological polar surface area (TPSA) is 103 Å². The molecule has 9 heteroatoms. The summed E-state index contributed by atoms with van der Waals surface area (Å²) >= 11 is 1.13. The average molecular weight is 543 g/mol. The van der Waals surface area contributed by atoms with Gasteiger partial charge < -0.3 is 20.7 Å². The molecule has 3 N–H and O–H groups in total. The van der Waals surface area contributed by atoms with Crippen LogP contribution in [0.25, 0.3) is 0 Å². The molecule has 0 saturated carbocycles. The molecule has 1 atom stereocenters. The summed E-state index contributed by atoms with van der Waals surface area (Å²) < 4.78 is 20.4. The predicted octanol–water partition coefficient (Wildman–Crippen LogP) is 5.22. The van der Waals surface area contributed by atoms with Crippen molar-refractivity contribution in [3.05, 3.63) is 118 Å². The number of ether oxygens (including phenoxy) is 1. The number of nitrogens with zero attached hydrogens (tertiary/aromatic N) is 1. The molecule has 0 unspecified atom stereocenters. The summed E-state index contributed by atoms with van der Waals surface area (Å²) in [4.78, 5) is 26.2. The number of carbonyl (C=O) groups excluding carboxylic acids is 2. The zero-order chi connectivity index (χ0) is 27.8. The zero-order valence-corrected chi connectivity index (χ0v) is 22.3. The summed E-state index contributed by atoms with van der Waals surface area (Å²) in [5, 5.41) is 19.4. The third-order valence-corrected chi connectivity index (χ3v) is 7.16. The summed E-state index contributed by atoms with van der Waals surface area (Å²) in [7, 11) is 1.50. The second-order valence-electron chi connectivity index (χ2n) is 8.68. The molecule has 0 aromatic heterocycles. The van der Waals surface area contributed by atoms with Gasteiger partial charge in [-0.1, -0.05) is 72.4 Å². The lowest BCUT2D eigenvalue weighted by molar-refractivity contribution is -0.118. The monoisotopic (exact) mass is 542 g/mol. The lowest BCUT2D eigenvalue weighted by atomic mass is 9.82. The van der Waals surface area contributed by atoms with Crippen molar-refractivity contribution < 1.29 is 18.7 Å². The van der Waals surface area contributed by atoms with E-state index in [1.165, 1.54) is 13.2 Å². The van der Waals surface area contributed by atoms with Crippen LogP contribution in [-0.4, -0.2) is 24.7 Å². The number of allylic oxidation sites excluding steroid dienone is 2. The van der Waals surface area contributed by atoms with Gasteiger partial charge in [0.15, 0.2) is 0 Å². The fraction of sp³-hybridized carbons (Fsp3) is 0.167. The number of amides is 2. The van der Waals surface area contributed by atoms with Crippen molar-refractivity contribution in [3.63, 3.8) is 0 Å². The van der Waals surface area contributed by atoms with Gasteiger partial charge in [0, 0.05) is 23.4 Å². The Morgan fingerprint density at radius 1 is 1.05 bits per heavy atom. The fourth-order valence-corrected chi connectivity index (χ4v) is 5.19. The van der Waals surface area contributed by atoms with Gasteiger partial charge in [-0.05, 0) is 30.7 Å². The zero-order valence-electron chi connectivity index (χ0n) is 21.5. The van der Waals surface area contributed by atoms with Crippen LogP contribution in [0.5, 0.6) is 5.75 Å². The number of hydrogen-bond acceptors (Lipinski definition) is 6. The van der Waals surface area contributed by atoms with Gasteiger partial charge in [-0.3, -0.25) is 9.59 Å². The number of para-hydroxylation sites is 2. The second-order valence-corrected chi connectivity index (χ2v) is 9.66. The second kappa shape index (κ2) is 12.8. The smallest absolute Gasteiger partial charge is 0.254 e. The molecule has 1 aliphatic rings. The third-order valence-electron chi connectivity index (χ3n) is 6.14. The molecule has 0 fully saturated rings. The van der Waals surface area contributed by atoms with Crippen molar-refractivity contribution in [2.45, 2.75) is 19.4 Å². The highest BCUT2D eigenvalue weighted by Crippen LogP contribution is 2.42. The Morgan fingerprint density at radius 3 is 2.46 bits per heavy atom. The first kappa shape index (κ1) is 27.5. The van der Waals surface area contributed by atoms with E-state index in [0.717, 1.165) is 17.3 Å². The Balaban J connectivity index is 1.62. The quantitative estimate of drug-likeness (QED) is 0.343. The van der Waals surface area contributed by atoms with Crippen molar-refractivity contribution in [1.82, 2.24) is 10.6 Å². The van der Waals surface area contributed by atoms with Crippen LogP contribution in [0.4, 0.5) is 10.1 Å². The van der Waals surface area contributed by atoms with Gasteiger partial charge >= 0.3 is 0 Å². The van der Waals surface area contributed by atoms with E-state index in [0.29, 0.717) is 28.7 Å². The molecular formula is C30H27FN4O3S. The highest BCUT2D eigenvalue weighted by molar-refractivity contribution is 8.03. The van der Waals surface area contributed by atoms with E-state index in [2.05, 4.69) is 22.0 Å². The molecule has 0 aliphatic carbocycles. The van der Waals surface area contributed by atoms with E-state index in [9.17, 15) is 14.9 Å². The largest absolute Gasteiger partial charge is 0.495 e. The molecule has 2 amide bonds. The maximum atomic E-state index is 15.1. The van der Waals surface area contributed by atoms with Gasteiger partial charge in [0.1, 0.15) is 11.6 Å². The maximum absolute atomic E-state index is 15.1. The number of nitriles is 1. The van der Waals surface area contributed by atoms with Gasteiger partial charge in [-0.2, -0.15) is 5.26 Å². The molecule has 0 bridgehead atoms. The average Bonchev–Trinajstić information content (AvgIpc) is 2.95. The van der Waals surface area contributed by atoms with E-state index in [4.69, 9.17) is 4.74 Å². The third kappa shape index (κ3) is 6.48. The van der Waals surface area contributed by atoms with Crippen molar-refractivity contribution >= 4 is 29.3 Å². The lowest BCUT2D eigenvalue weighted by Gasteiger charge is -2.30. The summed E-state index contributed by atoms with van der Waals surface area (Å²) in [6.07, 6.45) is 0. The van der Waals surface area contributed by atoms with Crippen LogP contribution in [0.3, 0.4) is 0 Å². The number of hydrogen-bond donors (Lipinski definition) is 3. The van der Waals surface area contributed by atoms with Crippen LogP contribution >= 0.6 is 11.8 Å². The number of anilines is 1. The Bertz CT molecular complexity index is 1480. The van der Waals surface area contributed by atoms with E-state index < -0.39 is 17.6 Å². The normalized spacial score (nSPS) is 14.8. The van der Waals surface area contributed by atoms with Gasteiger partial charge in [-0.15, -0.1) is 0 Å². The van der Waals surface area contributed by atoms with E-state index in [1.807, 2.05) is 30.3 Å². The highest BCUT2D eigenvalue weighted by atomic mass is 32.2. The van der Waals surface area contributed by atoms with Crippen LogP contribution in [0, 0.1) is 17.1 Å². The number of rotatable bonds is 9. The molecule has 1 aliphatic heterocycles. The lowest BCUT2D eigenvalue weighted by Crippen LogP contribution is -2.32. The van der Waals surface area contributed by atoms with Crippen molar-refractivity contribution in [2.75, 3.05) is 18.2 Å². The molecule has 1 heterocycles. The number of methoxy groups -OCH3 is 1. The summed E-state index contributed by atoms with van der Waals surface area (Å²) in [6.45, 7) is 2.07. The molecule has 0 spiro atoms. The maximum Gasteiger partial charge on any atom is 0.254 e. The highest BCUT2D eigenvalue weighted by Gasteiger charge is 2.36. The summed E-state index contributed by atoms with van der Waals surface area (Å²) in [5.41, 5.74) is 2.38. The fourth-order valence-electron chi connectivity index (χ4n) is 4.27. The molecule has 7 nitrogen and oxygen atoms in total. The Labute approximate surface area is 230 Å². The number of halogens is 1. The summed E-state index contributed by atoms with van der Waals surface area (Å²) in [5.74, 6) is -1.77. The molecular weight excluding hydrogens is 515 g/mol. The minimum atomic E-state index is -0.984. The number of dihydropyridines is 1. The first-order valence-corrected chi connectivity index (χ1v) is 13.2. The van der Waals surface area contributed by atoms with Gasteiger partial charge in [0.05, 0.1) is 41.1 Å². The Hall–Kier alpha value is -4.55. The van der Waals surface area contributed by atoms with Crippen LogP contribution in [0.2, 0.25) is 0 Å². The predicted molar refractivity (Wildman–Crippen MR) is 150 cm³/mol. The number of thioether (sulfide) groups is 1. The number of carbonyl (C=O) groups is 2. The van der Waals surface area contributed by atoms with E-state index in [-0.39, 0.29) is 28.4 Å². The van der Waals surface area contributed by atoms with E-state index >= 15 is 4.39 Å². The summed E-state index contributed by atoms with van der Waals surface area (Å²) in [6, 6.07) is 24.7. The standard InChI is InChI=1S/C30H27FN4O3S/c1-19-27(29(37)35-24-14-8-9-15-25(24)38-2)28(21-12-6-7-13-23(21)31)22(16-32)30(34-19)39-18-26(36)33-17-20-10-4-3-5-11-20/h3-15,28,34H,17-18H2,1-2H3,(H,33,36)(H,35,37)/t28-/m0/s1. The molecule has 4 rings (SSSR count). The Kier molecular flexibility index (Phi) is 9.02. The van der Waals surface area contributed by atoms with Gasteiger partial charge in [0.2, 0.25) is 5.91 Å². The molecule has 39 heavy (non-hydrogen) atoms. The van der Waals surface area contributed by atoms with Gasteiger partial charge in [0.25, 0.3) is 5.91 Å². The number of nitrogens with one attached hydrogen (secondary N) is 3. The molecule has 198 valence electrons. The molecule has 3 aromatic carbocycles. The van der Waals surface area contributed by atoms with E-state index in [1.54, 1.807) is 49.4 Å². The minimum absolute atomic E-state index is 0.0281. The first-order valence-electron chi connectivity index (χ1n) is 12.2. The van der Waals surface area contributed by atoms with Gasteiger partial charge in [-0.25, -0.2) is 4.39 Å². The SMILES string of the molecule is COc1ccccc1NC(=O)C1=C(C)NC(SCC(=O)NCc2ccccc2)=C(C#N)[C@@H]1c1ccccc1F. The van der Waals surface area contributed by atoms with Crippen LogP contribution in [-0.2, 0) is 16.1 Å². The molecule has 0 radical (unpaired) electrons.